The second-order valence-corrected chi connectivity index (χ2v) is 6.65. The number of morpholine rings is 1. The van der Waals surface area contributed by atoms with E-state index in [1.807, 2.05) is 6.07 Å². The Balaban J connectivity index is 1.56. The summed E-state index contributed by atoms with van der Waals surface area (Å²) in [6.45, 7) is 5.08. The molecule has 1 aliphatic carbocycles. The second kappa shape index (κ2) is 7.90. The van der Waals surface area contributed by atoms with Gasteiger partial charge in [0, 0.05) is 38.1 Å². The molecule has 5 nitrogen and oxygen atoms in total. The molecule has 0 aromatic heterocycles. The molecule has 1 aliphatic heterocycles. The van der Waals surface area contributed by atoms with Crippen molar-refractivity contribution in [2.75, 3.05) is 26.3 Å². The second-order valence-electron chi connectivity index (χ2n) is 6.65. The molecule has 0 radical (unpaired) electrons. The summed E-state index contributed by atoms with van der Waals surface area (Å²) < 4.78 is 5.40. The van der Waals surface area contributed by atoms with Gasteiger partial charge in [-0.05, 0) is 30.4 Å². The van der Waals surface area contributed by atoms with E-state index in [1.54, 1.807) is 0 Å². The lowest BCUT2D eigenvalue weighted by molar-refractivity contribution is -0.125. The molecule has 126 valence electrons. The van der Waals surface area contributed by atoms with Crippen LogP contribution in [0, 0.1) is 5.92 Å². The molecular weight excluding hydrogens is 290 g/mol. The van der Waals surface area contributed by atoms with Crippen molar-refractivity contribution in [3.05, 3.63) is 35.4 Å². The molecule has 5 heteroatoms. The molecule has 2 atom stereocenters. The summed E-state index contributed by atoms with van der Waals surface area (Å²) in [4.78, 5) is 14.7. The molecule has 3 N–H and O–H groups in total. The van der Waals surface area contributed by atoms with E-state index in [-0.39, 0.29) is 17.9 Å². The third-order valence-corrected chi connectivity index (χ3v) is 4.91. The molecule has 0 bridgehead atoms. The quantitative estimate of drug-likeness (QED) is 0.858. The SMILES string of the molecule is N[C@@H]1CC[C@@H](C(=O)NCc2ccccc2CN2CCOCC2)C1. The summed E-state index contributed by atoms with van der Waals surface area (Å²) in [7, 11) is 0. The Bertz CT molecular complexity index is 529. The summed E-state index contributed by atoms with van der Waals surface area (Å²) in [6, 6.07) is 8.56. The monoisotopic (exact) mass is 317 g/mol. The highest BCUT2D eigenvalue weighted by Gasteiger charge is 2.27. The largest absolute Gasteiger partial charge is 0.379 e. The van der Waals surface area contributed by atoms with Crippen LogP contribution in [-0.4, -0.2) is 43.2 Å². The minimum absolute atomic E-state index is 0.0939. The molecule has 23 heavy (non-hydrogen) atoms. The van der Waals surface area contributed by atoms with Gasteiger partial charge in [0.25, 0.3) is 0 Å². The number of nitrogens with zero attached hydrogens (tertiary/aromatic N) is 1. The lowest BCUT2D eigenvalue weighted by Gasteiger charge is -2.27. The number of amides is 1. The summed E-state index contributed by atoms with van der Waals surface area (Å²) in [5, 5.41) is 3.10. The lowest BCUT2D eigenvalue weighted by atomic mass is 10.0. The van der Waals surface area contributed by atoms with Crippen LogP contribution >= 0.6 is 0 Å². The first-order chi connectivity index (χ1) is 11.2. The van der Waals surface area contributed by atoms with Crippen LogP contribution in [0.4, 0.5) is 0 Å². The van der Waals surface area contributed by atoms with Crippen LogP contribution in [0.1, 0.15) is 30.4 Å². The van der Waals surface area contributed by atoms with Crippen molar-refractivity contribution >= 4 is 5.91 Å². The van der Waals surface area contributed by atoms with Gasteiger partial charge in [-0.2, -0.15) is 0 Å². The minimum Gasteiger partial charge on any atom is -0.379 e. The highest BCUT2D eigenvalue weighted by Crippen LogP contribution is 2.24. The van der Waals surface area contributed by atoms with E-state index in [1.165, 1.54) is 11.1 Å². The number of hydrogen-bond acceptors (Lipinski definition) is 4. The summed E-state index contributed by atoms with van der Waals surface area (Å²) in [5.74, 6) is 0.246. The normalized spacial score (nSPS) is 25.4. The van der Waals surface area contributed by atoms with Gasteiger partial charge in [0.15, 0.2) is 0 Å². The van der Waals surface area contributed by atoms with E-state index in [0.717, 1.165) is 52.1 Å². The Morgan fingerprint density at radius 3 is 2.65 bits per heavy atom. The number of ether oxygens (including phenoxy) is 1. The molecule has 2 fully saturated rings. The number of carbonyl (C=O) groups is 1. The van der Waals surface area contributed by atoms with Crippen molar-refractivity contribution in [2.45, 2.75) is 38.4 Å². The minimum atomic E-state index is 0.0939. The molecule has 1 saturated carbocycles. The number of nitrogens with one attached hydrogen (secondary N) is 1. The van der Waals surface area contributed by atoms with Crippen LogP contribution in [0.15, 0.2) is 24.3 Å². The smallest absolute Gasteiger partial charge is 0.223 e. The Kier molecular flexibility index (Phi) is 5.65. The Morgan fingerprint density at radius 1 is 1.22 bits per heavy atom. The maximum atomic E-state index is 12.3. The lowest BCUT2D eigenvalue weighted by Crippen LogP contribution is -2.36. The first kappa shape index (κ1) is 16.4. The van der Waals surface area contributed by atoms with Gasteiger partial charge in [-0.3, -0.25) is 9.69 Å². The van der Waals surface area contributed by atoms with Gasteiger partial charge in [-0.15, -0.1) is 0 Å². The van der Waals surface area contributed by atoms with Gasteiger partial charge < -0.3 is 15.8 Å². The molecular formula is C18H27N3O2. The zero-order valence-electron chi connectivity index (χ0n) is 13.7. The third-order valence-electron chi connectivity index (χ3n) is 4.91. The van der Waals surface area contributed by atoms with Crippen molar-refractivity contribution in [1.82, 2.24) is 10.2 Å². The fourth-order valence-electron chi connectivity index (χ4n) is 3.47. The predicted octanol–water partition coefficient (Wildman–Crippen LogP) is 1.26. The van der Waals surface area contributed by atoms with Crippen molar-refractivity contribution in [1.29, 1.82) is 0 Å². The first-order valence-electron chi connectivity index (χ1n) is 8.62. The molecule has 3 rings (SSSR count). The molecule has 1 amide bonds. The van der Waals surface area contributed by atoms with Gasteiger partial charge in [-0.25, -0.2) is 0 Å². The van der Waals surface area contributed by atoms with Gasteiger partial charge in [-0.1, -0.05) is 24.3 Å². The molecule has 0 spiro atoms. The van der Waals surface area contributed by atoms with E-state index in [2.05, 4.69) is 28.4 Å². The van der Waals surface area contributed by atoms with E-state index < -0.39 is 0 Å². The van der Waals surface area contributed by atoms with Crippen molar-refractivity contribution in [3.63, 3.8) is 0 Å². The van der Waals surface area contributed by atoms with E-state index in [9.17, 15) is 4.79 Å². The van der Waals surface area contributed by atoms with Crippen LogP contribution in [0.3, 0.4) is 0 Å². The van der Waals surface area contributed by atoms with Crippen LogP contribution < -0.4 is 11.1 Å². The number of rotatable bonds is 5. The van der Waals surface area contributed by atoms with Crippen LogP contribution in [0.25, 0.3) is 0 Å². The summed E-state index contributed by atoms with van der Waals surface area (Å²) in [6.07, 6.45) is 2.70. The maximum Gasteiger partial charge on any atom is 0.223 e. The maximum absolute atomic E-state index is 12.3. The van der Waals surface area contributed by atoms with E-state index in [4.69, 9.17) is 10.5 Å². The fraction of sp³-hybridized carbons (Fsp3) is 0.611. The topological polar surface area (TPSA) is 67.6 Å². The van der Waals surface area contributed by atoms with Crippen LogP contribution in [0.2, 0.25) is 0 Å². The molecule has 0 unspecified atom stereocenters. The number of hydrogen-bond donors (Lipinski definition) is 2. The third kappa shape index (κ3) is 4.53. The molecule has 1 aromatic rings. The molecule has 2 aliphatic rings. The average Bonchev–Trinajstić information content (AvgIpc) is 3.01. The van der Waals surface area contributed by atoms with Gasteiger partial charge in [0.2, 0.25) is 5.91 Å². The highest BCUT2D eigenvalue weighted by atomic mass is 16.5. The Labute approximate surface area is 138 Å². The molecule has 1 heterocycles. The zero-order valence-corrected chi connectivity index (χ0v) is 13.7. The van der Waals surface area contributed by atoms with Crippen molar-refractivity contribution in [3.8, 4) is 0 Å². The standard InChI is InChI=1S/C18H27N3O2/c19-17-6-5-14(11-17)18(22)20-12-15-3-1-2-4-16(15)13-21-7-9-23-10-8-21/h1-4,14,17H,5-13,19H2,(H,20,22)/t14-,17-/m1/s1. The van der Waals surface area contributed by atoms with E-state index >= 15 is 0 Å². The number of carbonyl (C=O) groups excluding carboxylic acids is 1. The predicted molar refractivity (Wildman–Crippen MR) is 89.7 cm³/mol. The first-order valence-corrected chi connectivity index (χ1v) is 8.62. The fourth-order valence-corrected chi connectivity index (χ4v) is 3.47. The molecule has 1 aromatic carbocycles. The van der Waals surface area contributed by atoms with Crippen molar-refractivity contribution < 1.29 is 9.53 Å². The Morgan fingerprint density at radius 2 is 1.96 bits per heavy atom. The van der Waals surface area contributed by atoms with Crippen LogP contribution in [0.5, 0.6) is 0 Å². The highest BCUT2D eigenvalue weighted by molar-refractivity contribution is 5.79. The van der Waals surface area contributed by atoms with Gasteiger partial charge in [0.05, 0.1) is 13.2 Å². The van der Waals surface area contributed by atoms with E-state index in [0.29, 0.717) is 6.54 Å². The molecule has 1 saturated heterocycles. The number of benzene rings is 1. The van der Waals surface area contributed by atoms with Crippen LogP contribution in [-0.2, 0) is 22.6 Å². The van der Waals surface area contributed by atoms with Gasteiger partial charge >= 0.3 is 0 Å². The Hall–Kier alpha value is -1.43. The van der Waals surface area contributed by atoms with Gasteiger partial charge in [0.1, 0.15) is 0 Å². The average molecular weight is 317 g/mol. The zero-order chi connectivity index (χ0) is 16.1. The summed E-state index contributed by atoms with van der Waals surface area (Å²) >= 11 is 0. The van der Waals surface area contributed by atoms with Crippen molar-refractivity contribution in [2.24, 2.45) is 11.7 Å². The number of nitrogens with two attached hydrogens (primary N) is 1. The summed E-state index contributed by atoms with van der Waals surface area (Å²) in [5.41, 5.74) is 8.40.